The van der Waals surface area contributed by atoms with Crippen LogP contribution in [0.1, 0.15) is 36.2 Å². The molecule has 2 aromatic carbocycles. The van der Waals surface area contributed by atoms with Crippen molar-refractivity contribution in [1.82, 2.24) is 5.32 Å². The summed E-state index contributed by atoms with van der Waals surface area (Å²) >= 11 is 0. The Hall–Kier alpha value is -4.01. The topological polar surface area (TPSA) is 120 Å². The number of amides is 1. The van der Waals surface area contributed by atoms with E-state index in [2.05, 4.69) is 5.32 Å². The number of benzene rings is 2. The highest BCUT2D eigenvalue weighted by atomic mass is 16.7. The minimum atomic E-state index is -1.09. The molecule has 1 atom stereocenters. The zero-order valence-corrected chi connectivity index (χ0v) is 18.1. The standard InChI is InChI=1S/C24H23NO8/c1-13(2)7-17(24(28)29)25-22(26)11-30-15-4-5-16-19(10-15)33-21(23(16)27)9-14-3-6-18-20(8-14)32-12-31-18/h3-6,8-10,13,17H,7,11-12H2,1-2H3,(H,25,26)(H,28,29). The summed E-state index contributed by atoms with van der Waals surface area (Å²) < 4.78 is 21.8. The lowest BCUT2D eigenvalue weighted by molar-refractivity contribution is -0.142. The molecule has 4 rings (SSSR count). The lowest BCUT2D eigenvalue weighted by atomic mass is 10.0. The number of hydrogen-bond donors (Lipinski definition) is 2. The number of carbonyl (C=O) groups excluding carboxylic acids is 2. The fourth-order valence-corrected chi connectivity index (χ4v) is 3.49. The summed E-state index contributed by atoms with van der Waals surface area (Å²) in [6.07, 6.45) is 1.92. The summed E-state index contributed by atoms with van der Waals surface area (Å²) in [5.74, 6) is 0.209. The molecule has 0 aromatic heterocycles. The first kappa shape index (κ1) is 22.2. The highest BCUT2D eigenvalue weighted by Gasteiger charge is 2.28. The lowest BCUT2D eigenvalue weighted by Gasteiger charge is -2.16. The molecule has 172 valence electrons. The van der Waals surface area contributed by atoms with Crippen molar-refractivity contribution >= 4 is 23.7 Å². The average molecular weight is 453 g/mol. The molecule has 33 heavy (non-hydrogen) atoms. The van der Waals surface area contributed by atoms with Crippen molar-refractivity contribution < 1.29 is 38.4 Å². The number of carboxylic acid groups (broad SMARTS) is 1. The maximum absolute atomic E-state index is 12.7. The number of rotatable bonds is 8. The highest BCUT2D eigenvalue weighted by Crippen LogP contribution is 2.37. The molecule has 1 amide bonds. The Kier molecular flexibility index (Phi) is 6.21. The summed E-state index contributed by atoms with van der Waals surface area (Å²) in [5.41, 5.74) is 1.10. The number of carboxylic acids is 1. The van der Waals surface area contributed by atoms with Gasteiger partial charge in [0.1, 0.15) is 17.5 Å². The Morgan fingerprint density at radius 2 is 1.91 bits per heavy atom. The molecular weight excluding hydrogens is 430 g/mol. The molecule has 2 aliphatic heterocycles. The van der Waals surface area contributed by atoms with Gasteiger partial charge < -0.3 is 29.4 Å². The quantitative estimate of drug-likeness (QED) is 0.585. The van der Waals surface area contributed by atoms with Crippen LogP contribution in [-0.4, -0.2) is 42.2 Å². The largest absolute Gasteiger partial charge is 0.484 e. The summed E-state index contributed by atoms with van der Waals surface area (Å²) in [4.78, 5) is 36.1. The molecule has 0 radical (unpaired) electrons. The van der Waals surface area contributed by atoms with Gasteiger partial charge in [-0.05, 0) is 48.2 Å². The first-order valence-electron chi connectivity index (χ1n) is 10.4. The van der Waals surface area contributed by atoms with Crippen molar-refractivity contribution in [3.8, 4) is 23.0 Å². The molecule has 1 unspecified atom stereocenters. The summed E-state index contributed by atoms with van der Waals surface area (Å²) in [5, 5.41) is 11.7. The lowest BCUT2D eigenvalue weighted by Crippen LogP contribution is -2.43. The van der Waals surface area contributed by atoms with Crippen LogP contribution in [0.4, 0.5) is 0 Å². The van der Waals surface area contributed by atoms with E-state index in [1.807, 2.05) is 13.8 Å². The Morgan fingerprint density at radius 3 is 2.67 bits per heavy atom. The number of hydrogen-bond acceptors (Lipinski definition) is 7. The van der Waals surface area contributed by atoms with Gasteiger partial charge in [0.15, 0.2) is 23.9 Å². The molecule has 2 aromatic rings. The third-order valence-electron chi connectivity index (χ3n) is 5.05. The Balaban J connectivity index is 1.39. The van der Waals surface area contributed by atoms with E-state index in [0.717, 1.165) is 5.56 Å². The van der Waals surface area contributed by atoms with E-state index in [4.69, 9.17) is 18.9 Å². The van der Waals surface area contributed by atoms with Crippen LogP contribution >= 0.6 is 0 Å². The molecule has 2 N–H and O–H groups in total. The number of ether oxygens (including phenoxy) is 4. The van der Waals surface area contributed by atoms with Gasteiger partial charge in [-0.25, -0.2) is 4.79 Å². The van der Waals surface area contributed by atoms with Gasteiger partial charge in [-0.15, -0.1) is 0 Å². The van der Waals surface area contributed by atoms with Crippen LogP contribution in [0.2, 0.25) is 0 Å². The van der Waals surface area contributed by atoms with Gasteiger partial charge in [-0.3, -0.25) is 9.59 Å². The molecule has 0 saturated carbocycles. The van der Waals surface area contributed by atoms with Crippen molar-refractivity contribution in [2.45, 2.75) is 26.3 Å². The molecule has 9 heteroatoms. The minimum absolute atomic E-state index is 0.110. The van der Waals surface area contributed by atoms with Gasteiger partial charge in [0.05, 0.1) is 5.56 Å². The summed E-state index contributed by atoms with van der Waals surface area (Å²) in [6, 6.07) is 8.95. The van der Waals surface area contributed by atoms with E-state index in [0.29, 0.717) is 35.0 Å². The maximum atomic E-state index is 12.7. The SMILES string of the molecule is CC(C)CC(NC(=O)COc1ccc2c(c1)OC(=Cc1ccc3c(c1)OCO3)C2=O)C(=O)O. The van der Waals surface area contributed by atoms with Gasteiger partial charge in [0.2, 0.25) is 12.6 Å². The molecule has 0 aliphatic carbocycles. The van der Waals surface area contributed by atoms with Gasteiger partial charge in [0, 0.05) is 6.07 Å². The van der Waals surface area contributed by atoms with Crippen LogP contribution in [-0.2, 0) is 9.59 Å². The smallest absolute Gasteiger partial charge is 0.326 e. The zero-order chi connectivity index (χ0) is 23.5. The van der Waals surface area contributed by atoms with Gasteiger partial charge in [-0.1, -0.05) is 19.9 Å². The van der Waals surface area contributed by atoms with Crippen LogP contribution in [0.15, 0.2) is 42.2 Å². The van der Waals surface area contributed by atoms with Crippen molar-refractivity contribution in [3.63, 3.8) is 0 Å². The summed E-state index contributed by atoms with van der Waals surface area (Å²) in [6.45, 7) is 3.54. The van der Waals surface area contributed by atoms with Crippen LogP contribution in [0.25, 0.3) is 6.08 Å². The van der Waals surface area contributed by atoms with Gasteiger partial charge >= 0.3 is 5.97 Å². The molecule has 9 nitrogen and oxygen atoms in total. The van der Waals surface area contributed by atoms with Crippen LogP contribution in [0.3, 0.4) is 0 Å². The van der Waals surface area contributed by atoms with Gasteiger partial charge in [0.25, 0.3) is 5.91 Å². The second-order valence-electron chi connectivity index (χ2n) is 8.09. The highest BCUT2D eigenvalue weighted by molar-refractivity contribution is 6.14. The minimum Gasteiger partial charge on any atom is -0.484 e. The van der Waals surface area contributed by atoms with Crippen LogP contribution < -0.4 is 24.3 Å². The second kappa shape index (κ2) is 9.23. The number of allylic oxidation sites excluding steroid dienone is 1. The molecular formula is C24H23NO8. The number of ketones is 1. The monoisotopic (exact) mass is 453 g/mol. The van der Waals surface area contributed by atoms with E-state index in [9.17, 15) is 19.5 Å². The van der Waals surface area contributed by atoms with Crippen molar-refractivity contribution in [2.75, 3.05) is 13.4 Å². The average Bonchev–Trinajstić information content (AvgIpc) is 3.35. The predicted octanol–water partition coefficient (Wildman–Crippen LogP) is 3.03. The van der Waals surface area contributed by atoms with Crippen LogP contribution in [0.5, 0.6) is 23.0 Å². The first-order valence-corrected chi connectivity index (χ1v) is 10.4. The molecule has 0 saturated heterocycles. The van der Waals surface area contributed by atoms with E-state index in [-0.39, 0.29) is 30.9 Å². The molecule has 0 spiro atoms. The normalized spacial score (nSPS) is 15.8. The molecule has 0 bridgehead atoms. The predicted molar refractivity (Wildman–Crippen MR) is 116 cm³/mol. The Morgan fingerprint density at radius 1 is 1.12 bits per heavy atom. The molecule has 0 fully saturated rings. The van der Waals surface area contributed by atoms with Crippen LogP contribution in [0, 0.1) is 5.92 Å². The number of carbonyl (C=O) groups is 3. The Bertz CT molecular complexity index is 1140. The second-order valence-corrected chi connectivity index (χ2v) is 8.09. The van der Waals surface area contributed by atoms with E-state index >= 15 is 0 Å². The number of aliphatic carboxylic acids is 1. The van der Waals surface area contributed by atoms with Gasteiger partial charge in [-0.2, -0.15) is 0 Å². The van der Waals surface area contributed by atoms with Crippen molar-refractivity contribution in [2.24, 2.45) is 5.92 Å². The maximum Gasteiger partial charge on any atom is 0.326 e. The Labute approximate surface area is 189 Å². The van der Waals surface area contributed by atoms with Crippen molar-refractivity contribution in [3.05, 3.63) is 53.3 Å². The number of nitrogens with one attached hydrogen (secondary N) is 1. The fourth-order valence-electron chi connectivity index (χ4n) is 3.49. The van der Waals surface area contributed by atoms with E-state index in [1.54, 1.807) is 36.4 Å². The summed E-state index contributed by atoms with van der Waals surface area (Å²) in [7, 11) is 0. The number of fused-ring (bicyclic) bond motifs is 2. The third-order valence-corrected chi connectivity index (χ3v) is 5.05. The van der Waals surface area contributed by atoms with Crippen molar-refractivity contribution in [1.29, 1.82) is 0 Å². The van der Waals surface area contributed by atoms with E-state index in [1.165, 1.54) is 6.07 Å². The fraction of sp³-hybridized carbons (Fsp3) is 0.292. The first-order chi connectivity index (χ1) is 15.8. The molecule has 2 heterocycles. The number of Topliss-reactive ketones (excluding diaryl/α,β-unsaturated/α-hetero) is 1. The third kappa shape index (κ3) is 5.08. The van der Waals surface area contributed by atoms with E-state index < -0.39 is 17.9 Å². The zero-order valence-electron chi connectivity index (χ0n) is 18.1. The molecule has 2 aliphatic rings.